The zero-order chi connectivity index (χ0) is 25.0. The molecule has 2 heterocycles. The number of hydrogen-bond donors (Lipinski definition) is 1. The number of aromatic nitrogens is 2. The van der Waals surface area contributed by atoms with Crippen LogP contribution in [0.25, 0.3) is 10.9 Å². The summed E-state index contributed by atoms with van der Waals surface area (Å²) in [5, 5.41) is 3.62. The average molecular weight is 561 g/mol. The van der Waals surface area contributed by atoms with Crippen molar-refractivity contribution in [3.8, 4) is 0 Å². The van der Waals surface area contributed by atoms with E-state index >= 15 is 4.39 Å². The predicted octanol–water partition coefficient (Wildman–Crippen LogP) is 4.61. The van der Waals surface area contributed by atoms with Gasteiger partial charge in [-0.15, -0.1) is 0 Å². The van der Waals surface area contributed by atoms with Gasteiger partial charge in [-0.3, -0.25) is 4.79 Å². The van der Waals surface area contributed by atoms with Gasteiger partial charge in [-0.2, -0.15) is 4.98 Å². The molecule has 3 rings (SSSR count). The van der Waals surface area contributed by atoms with Crippen molar-refractivity contribution < 1.29 is 23.5 Å². The monoisotopic (exact) mass is 559 g/mol. The summed E-state index contributed by atoms with van der Waals surface area (Å²) in [6, 6.07) is 1.61. The van der Waals surface area contributed by atoms with Crippen LogP contribution in [0.3, 0.4) is 0 Å². The number of nitrogens with one attached hydrogen (secondary N) is 1. The van der Waals surface area contributed by atoms with Gasteiger partial charge in [0.2, 0.25) is 5.95 Å². The third-order valence-electron chi connectivity index (χ3n) is 4.96. The molecule has 1 aromatic carbocycles. The van der Waals surface area contributed by atoms with Gasteiger partial charge in [-0.05, 0) is 49.7 Å². The van der Waals surface area contributed by atoms with Crippen LogP contribution in [0, 0.1) is 5.82 Å². The molecule has 0 aliphatic carbocycles. The van der Waals surface area contributed by atoms with Gasteiger partial charge in [0.1, 0.15) is 16.9 Å². The maximum absolute atomic E-state index is 15.1. The SMILES string of the molecule is CCOC(=O)CCNc1nc(N2CCN(C(=O)OC(C)(C)C)CC2)c2cc(Cl)c(Br)c(F)c2n1. The summed E-state index contributed by atoms with van der Waals surface area (Å²) in [5.74, 6) is -0.294. The third-order valence-corrected chi connectivity index (χ3v) is 6.26. The molecule has 0 spiro atoms. The lowest BCUT2D eigenvalue weighted by Crippen LogP contribution is -2.50. The molecular weight excluding hydrogens is 533 g/mol. The second-order valence-electron chi connectivity index (χ2n) is 8.69. The van der Waals surface area contributed by atoms with Gasteiger partial charge < -0.3 is 24.6 Å². The first-order valence-corrected chi connectivity index (χ1v) is 12.1. The zero-order valence-electron chi connectivity index (χ0n) is 19.6. The molecule has 1 amide bonds. The van der Waals surface area contributed by atoms with E-state index in [0.29, 0.717) is 44.0 Å². The van der Waals surface area contributed by atoms with Crippen LogP contribution in [0.5, 0.6) is 0 Å². The second kappa shape index (κ2) is 10.9. The van der Waals surface area contributed by atoms with Gasteiger partial charge in [0.05, 0.1) is 22.5 Å². The Morgan fingerprint density at radius 2 is 1.91 bits per heavy atom. The molecule has 0 atom stereocenters. The fourth-order valence-corrected chi connectivity index (χ4v) is 3.91. The van der Waals surface area contributed by atoms with Crippen LogP contribution >= 0.6 is 27.5 Å². The minimum Gasteiger partial charge on any atom is -0.466 e. The quantitative estimate of drug-likeness (QED) is 0.404. The Morgan fingerprint density at radius 3 is 2.53 bits per heavy atom. The highest BCUT2D eigenvalue weighted by Crippen LogP contribution is 2.36. The molecule has 0 radical (unpaired) electrons. The second-order valence-corrected chi connectivity index (χ2v) is 9.89. The number of hydrogen-bond acceptors (Lipinski definition) is 8. The van der Waals surface area contributed by atoms with Gasteiger partial charge in [0, 0.05) is 38.1 Å². The molecule has 34 heavy (non-hydrogen) atoms. The van der Waals surface area contributed by atoms with Crippen LogP contribution in [0.2, 0.25) is 5.02 Å². The molecule has 1 aliphatic heterocycles. The highest BCUT2D eigenvalue weighted by molar-refractivity contribution is 9.10. The molecule has 0 bridgehead atoms. The molecule has 1 saturated heterocycles. The molecule has 1 N–H and O–H groups in total. The molecule has 1 fully saturated rings. The van der Waals surface area contributed by atoms with Crippen molar-refractivity contribution in [2.24, 2.45) is 0 Å². The van der Waals surface area contributed by atoms with Gasteiger partial charge in [0.15, 0.2) is 5.82 Å². The number of carbonyl (C=O) groups excluding carboxylic acids is 2. The highest BCUT2D eigenvalue weighted by atomic mass is 79.9. The van der Waals surface area contributed by atoms with Crippen LogP contribution in [0.1, 0.15) is 34.1 Å². The summed E-state index contributed by atoms with van der Waals surface area (Å²) in [6.45, 7) is 9.47. The highest BCUT2D eigenvalue weighted by Gasteiger charge is 2.28. The number of benzene rings is 1. The van der Waals surface area contributed by atoms with Gasteiger partial charge in [-0.1, -0.05) is 11.6 Å². The summed E-state index contributed by atoms with van der Waals surface area (Å²) in [4.78, 5) is 36.5. The van der Waals surface area contributed by atoms with Crippen LogP contribution in [-0.2, 0) is 14.3 Å². The van der Waals surface area contributed by atoms with E-state index in [1.165, 1.54) is 0 Å². The lowest BCUT2D eigenvalue weighted by Gasteiger charge is -2.36. The molecule has 0 unspecified atom stereocenters. The molecular formula is C22H28BrClFN5O4. The minimum absolute atomic E-state index is 0.0921. The van der Waals surface area contributed by atoms with Crippen molar-refractivity contribution in [3.63, 3.8) is 0 Å². The van der Waals surface area contributed by atoms with Crippen molar-refractivity contribution in [1.82, 2.24) is 14.9 Å². The maximum Gasteiger partial charge on any atom is 0.410 e. The molecule has 9 nitrogen and oxygen atoms in total. The number of nitrogens with zero attached hydrogens (tertiary/aromatic N) is 4. The van der Waals surface area contributed by atoms with Crippen molar-refractivity contribution >= 4 is 62.3 Å². The van der Waals surface area contributed by atoms with Crippen molar-refractivity contribution in [2.45, 2.75) is 39.7 Å². The molecule has 1 aliphatic rings. The number of carbonyl (C=O) groups is 2. The van der Waals surface area contributed by atoms with E-state index in [2.05, 4.69) is 31.2 Å². The van der Waals surface area contributed by atoms with E-state index in [4.69, 9.17) is 21.1 Å². The average Bonchev–Trinajstić information content (AvgIpc) is 2.77. The van der Waals surface area contributed by atoms with E-state index in [1.807, 2.05) is 25.7 Å². The molecule has 12 heteroatoms. The van der Waals surface area contributed by atoms with Crippen LogP contribution in [0.4, 0.5) is 21.0 Å². The maximum atomic E-state index is 15.1. The Bertz CT molecular complexity index is 1070. The van der Waals surface area contributed by atoms with E-state index in [1.54, 1.807) is 17.9 Å². The number of esters is 1. The lowest BCUT2D eigenvalue weighted by atomic mass is 10.2. The summed E-state index contributed by atoms with van der Waals surface area (Å²) in [6.07, 6.45) is -0.259. The smallest absolute Gasteiger partial charge is 0.410 e. The largest absolute Gasteiger partial charge is 0.466 e. The summed E-state index contributed by atoms with van der Waals surface area (Å²) in [7, 11) is 0. The normalized spacial score (nSPS) is 14.3. The first-order chi connectivity index (χ1) is 16.0. The number of halogens is 3. The van der Waals surface area contributed by atoms with Crippen molar-refractivity contribution in [2.75, 3.05) is 49.5 Å². The standard InChI is InChI=1S/C22H28BrClFN5O4/c1-5-33-15(31)6-7-26-20-27-18-13(12-14(24)16(23)17(18)25)19(28-20)29-8-10-30(11-9-29)21(32)34-22(2,3)4/h12H,5-11H2,1-4H3,(H,26,27,28). The molecule has 1 aromatic heterocycles. The van der Waals surface area contributed by atoms with E-state index in [9.17, 15) is 9.59 Å². The predicted molar refractivity (Wildman–Crippen MR) is 132 cm³/mol. The number of ether oxygens (including phenoxy) is 2. The van der Waals surface area contributed by atoms with E-state index in [0.717, 1.165) is 0 Å². The number of fused-ring (bicyclic) bond motifs is 1. The van der Waals surface area contributed by atoms with E-state index < -0.39 is 11.4 Å². The Kier molecular flexibility index (Phi) is 8.40. The van der Waals surface area contributed by atoms with Crippen LogP contribution < -0.4 is 10.2 Å². The van der Waals surface area contributed by atoms with Gasteiger partial charge >= 0.3 is 12.1 Å². The number of piperazine rings is 1. The van der Waals surface area contributed by atoms with Crippen molar-refractivity contribution in [3.05, 3.63) is 21.4 Å². The van der Waals surface area contributed by atoms with Gasteiger partial charge in [-0.25, -0.2) is 14.2 Å². The fourth-order valence-electron chi connectivity index (χ4n) is 3.41. The minimum atomic E-state index is -0.605. The van der Waals surface area contributed by atoms with E-state index in [-0.39, 0.29) is 46.0 Å². The molecule has 186 valence electrons. The zero-order valence-corrected chi connectivity index (χ0v) is 21.9. The van der Waals surface area contributed by atoms with Crippen LogP contribution in [0.15, 0.2) is 10.5 Å². The lowest BCUT2D eigenvalue weighted by molar-refractivity contribution is -0.142. The number of amides is 1. The number of anilines is 2. The Hall–Kier alpha value is -2.40. The third kappa shape index (κ3) is 6.38. The van der Waals surface area contributed by atoms with Crippen molar-refractivity contribution in [1.29, 1.82) is 0 Å². The summed E-state index contributed by atoms with van der Waals surface area (Å²) < 4.78 is 25.5. The summed E-state index contributed by atoms with van der Waals surface area (Å²) in [5.41, 5.74) is -0.488. The Balaban J connectivity index is 1.85. The first-order valence-electron chi connectivity index (χ1n) is 11.0. The number of rotatable bonds is 6. The van der Waals surface area contributed by atoms with Gasteiger partial charge in [0.25, 0.3) is 0 Å². The first kappa shape index (κ1) is 26.2. The Labute approximate surface area is 211 Å². The molecule has 0 saturated carbocycles. The topological polar surface area (TPSA) is 96.9 Å². The molecule has 2 aromatic rings. The summed E-state index contributed by atoms with van der Waals surface area (Å²) >= 11 is 9.38. The van der Waals surface area contributed by atoms with Crippen LogP contribution in [-0.4, -0.2) is 71.9 Å². The Morgan fingerprint density at radius 1 is 1.24 bits per heavy atom. The fraction of sp³-hybridized carbons (Fsp3) is 0.545.